The highest BCUT2D eigenvalue weighted by molar-refractivity contribution is 8.77. The Morgan fingerprint density at radius 1 is 0.778 bits per heavy atom. The third kappa shape index (κ3) is 10.4. The lowest BCUT2D eigenvalue weighted by atomic mass is 9.97. The number of carbonyl (C=O) groups is 4. The number of benzene rings is 5. The van der Waals surface area contributed by atoms with Gasteiger partial charge in [0.15, 0.2) is 11.5 Å². The summed E-state index contributed by atoms with van der Waals surface area (Å²) in [6.07, 6.45) is 4.47. The number of methoxy groups -OCH3 is 1. The molecule has 5 aromatic rings. The lowest BCUT2D eigenvalue weighted by Gasteiger charge is -2.28. The number of nitrogens with one attached hydrogen (secondary N) is 1. The molecule has 13 nitrogen and oxygen atoms in total. The number of hydrogen-bond acceptors (Lipinski definition) is 12. The molecule has 72 heavy (non-hydrogen) atoms. The van der Waals surface area contributed by atoms with Crippen molar-refractivity contribution >= 4 is 72.3 Å². The number of anilines is 3. The average Bonchev–Trinajstić information content (AvgIpc) is 3.88. The zero-order valence-electron chi connectivity index (χ0n) is 41.7. The van der Waals surface area contributed by atoms with Crippen molar-refractivity contribution in [2.45, 2.75) is 127 Å². The summed E-state index contributed by atoms with van der Waals surface area (Å²) in [5, 5.41) is 2.28. The van der Waals surface area contributed by atoms with Gasteiger partial charge in [-0.3, -0.25) is 23.4 Å². The zero-order chi connectivity index (χ0) is 51.1. The van der Waals surface area contributed by atoms with Crippen LogP contribution in [-0.4, -0.2) is 73.5 Å². The zero-order valence-corrected chi connectivity index (χ0v) is 44.2. The maximum absolute atomic E-state index is 14.4. The molecule has 0 spiro atoms. The highest BCUT2D eigenvalue weighted by Crippen LogP contribution is 2.44. The summed E-state index contributed by atoms with van der Waals surface area (Å²) < 4.78 is 50.4. The summed E-state index contributed by atoms with van der Waals surface area (Å²) in [5.74, 6) is 1.06. The van der Waals surface area contributed by atoms with Gasteiger partial charge in [-0.25, -0.2) is 0 Å². The summed E-state index contributed by atoms with van der Waals surface area (Å²) in [4.78, 5) is 58.2. The molecule has 4 heterocycles. The molecule has 5 aromatic carbocycles. The van der Waals surface area contributed by atoms with Crippen molar-refractivity contribution in [3.63, 3.8) is 0 Å². The molecule has 4 aliphatic heterocycles. The molecule has 9 rings (SSSR count). The molecule has 0 aliphatic carbocycles. The molecule has 4 aliphatic rings. The lowest BCUT2D eigenvalue weighted by molar-refractivity contribution is -0.119. The predicted octanol–water partition coefficient (Wildman–Crippen LogP) is 10.4. The standard InChI is InChI=1S/C56H61N3O10S3/c1-8-43(60)20-17-34(3)70-71-56(4,5)55(63)57-41-23-35(22-36(24-41)32-69-51-27-37-18-19-42-25-38-13-9-11-15-46(38)58(42)53(61)45(37)30-50(51)66-6)31-68-49-28-40-29-52(72(64,65)67-7)48-26-39-14-10-12-16-47(39)59(48)54(62)44(40)21-33(49)2/h9-16,21-24,27-28,30,34,42,48,52H,8,17-20,25-26,29,31-32H2,1-7H3,(H,57,63)/t34?,42-,48+,52?/m1/s1. The summed E-state index contributed by atoms with van der Waals surface area (Å²) >= 11 is 0. The first kappa shape index (κ1) is 51.1. The van der Waals surface area contributed by atoms with Crippen LogP contribution in [0.4, 0.5) is 17.1 Å². The second-order valence-electron chi connectivity index (χ2n) is 19.6. The van der Waals surface area contributed by atoms with Crippen LogP contribution in [0.5, 0.6) is 17.2 Å². The van der Waals surface area contributed by atoms with Crippen LogP contribution in [0.2, 0.25) is 0 Å². The molecule has 378 valence electrons. The number of Topliss-reactive ketones (excluding diaryl/α,β-unsaturated/α-hetero) is 1. The molecule has 0 aromatic heterocycles. The van der Waals surface area contributed by atoms with Crippen LogP contribution in [0.3, 0.4) is 0 Å². The van der Waals surface area contributed by atoms with Gasteiger partial charge in [-0.05, 0) is 153 Å². The van der Waals surface area contributed by atoms with Crippen LogP contribution in [0, 0.1) is 6.92 Å². The Balaban J connectivity index is 0.985. The van der Waals surface area contributed by atoms with Gasteiger partial charge in [-0.1, -0.05) is 71.8 Å². The number of fused-ring (bicyclic) bond motifs is 8. The molecule has 3 amide bonds. The monoisotopic (exact) mass is 1030 g/mol. The van der Waals surface area contributed by atoms with E-state index in [9.17, 15) is 27.6 Å². The minimum atomic E-state index is -4.08. The van der Waals surface area contributed by atoms with Gasteiger partial charge in [0.25, 0.3) is 21.9 Å². The smallest absolute Gasteiger partial charge is 0.272 e. The van der Waals surface area contributed by atoms with Gasteiger partial charge in [-0.2, -0.15) is 8.42 Å². The van der Waals surface area contributed by atoms with Crippen LogP contribution in [-0.2, 0) is 62.8 Å². The third-order valence-electron chi connectivity index (χ3n) is 14.3. The predicted molar refractivity (Wildman–Crippen MR) is 284 cm³/mol. The fourth-order valence-electron chi connectivity index (χ4n) is 10.3. The first-order valence-electron chi connectivity index (χ1n) is 24.5. The minimum Gasteiger partial charge on any atom is -0.493 e. The number of carbonyl (C=O) groups excluding carboxylic acids is 4. The molecule has 0 fully saturated rings. The number of ketones is 1. The Kier molecular flexibility index (Phi) is 14.9. The van der Waals surface area contributed by atoms with Gasteiger partial charge < -0.3 is 29.3 Å². The van der Waals surface area contributed by atoms with Crippen molar-refractivity contribution in [1.82, 2.24) is 0 Å². The first-order chi connectivity index (χ1) is 34.5. The van der Waals surface area contributed by atoms with E-state index in [1.54, 1.807) is 41.0 Å². The summed E-state index contributed by atoms with van der Waals surface area (Å²) in [7, 11) is 1.68. The molecule has 0 saturated carbocycles. The summed E-state index contributed by atoms with van der Waals surface area (Å²) in [6.45, 7) is 9.67. The Morgan fingerprint density at radius 3 is 2.08 bits per heavy atom. The topological polar surface area (TPSA) is 158 Å². The molecule has 1 N–H and O–H groups in total. The number of aryl methyl sites for hydroxylation is 2. The van der Waals surface area contributed by atoms with Crippen molar-refractivity contribution in [2.75, 3.05) is 29.3 Å². The fourth-order valence-corrected chi connectivity index (χ4v) is 14.0. The Morgan fingerprint density at radius 2 is 1.40 bits per heavy atom. The fraction of sp³-hybridized carbons (Fsp3) is 0.393. The van der Waals surface area contributed by atoms with Crippen LogP contribution in [0.15, 0.2) is 91.0 Å². The molecular formula is C56H61N3O10S3. The maximum atomic E-state index is 14.4. The second-order valence-corrected chi connectivity index (χ2v) is 24.8. The number of rotatable bonds is 18. The van der Waals surface area contributed by atoms with Gasteiger partial charge in [0.2, 0.25) is 5.91 Å². The molecular weight excluding hydrogens is 971 g/mol. The molecule has 0 bridgehead atoms. The minimum absolute atomic E-state index is 0.0425. The first-order valence-corrected chi connectivity index (χ1v) is 28.2. The SMILES string of the molecule is CCC(=O)CCC(C)SSC(C)(C)C(=O)Nc1cc(COc2cc3c(cc2C)C(=O)N2c4ccccc4C[C@H]2C(S(=O)(=O)OC)C3)cc(COc2cc3c(cc2OC)C(=O)N2c4ccccc4C[C@H]2CC3)c1. The van der Waals surface area contributed by atoms with Crippen molar-refractivity contribution in [2.24, 2.45) is 0 Å². The van der Waals surface area contributed by atoms with Gasteiger partial charge >= 0.3 is 0 Å². The normalized spacial score (nSPS) is 18.4. The van der Waals surface area contributed by atoms with Crippen LogP contribution in [0.25, 0.3) is 0 Å². The molecule has 0 saturated heterocycles. The van der Waals surface area contributed by atoms with Crippen molar-refractivity contribution in [3.05, 3.63) is 141 Å². The largest absolute Gasteiger partial charge is 0.493 e. The van der Waals surface area contributed by atoms with E-state index < -0.39 is 26.2 Å². The Bertz CT molecular complexity index is 3070. The summed E-state index contributed by atoms with van der Waals surface area (Å²) in [6, 6.07) is 27.8. The lowest BCUT2D eigenvalue weighted by Crippen LogP contribution is -2.47. The van der Waals surface area contributed by atoms with E-state index in [2.05, 4.69) is 18.3 Å². The highest BCUT2D eigenvalue weighted by Gasteiger charge is 2.48. The highest BCUT2D eigenvalue weighted by atomic mass is 33.1. The van der Waals surface area contributed by atoms with Gasteiger partial charge in [0.05, 0.1) is 25.0 Å². The number of hydrogen-bond donors (Lipinski definition) is 1. The van der Waals surface area contributed by atoms with Crippen LogP contribution >= 0.6 is 21.6 Å². The van der Waals surface area contributed by atoms with Crippen molar-refractivity contribution in [1.29, 1.82) is 0 Å². The van der Waals surface area contributed by atoms with E-state index in [-0.39, 0.29) is 54.4 Å². The molecule has 16 heteroatoms. The van der Waals surface area contributed by atoms with Gasteiger partial charge in [-0.15, -0.1) is 0 Å². The van der Waals surface area contributed by atoms with E-state index in [4.69, 9.17) is 18.4 Å². The van der Waals surface area contributed by atoms with Crippen molar-refractivity contribution in [3.8, 4) is 17.2 Å². The van der Waals surface area contributed by atoms with E-state index in [0.717, 1.165) is 48.8 Å². The quantitative estimate of drug-likeness (QED) is 0.0655. The number of para-hydroxylation sites is 2. The second kappa shape index (κ2) is 21.0. The molecule has 2 unspecified atom stereocenters. The van der Waals surface area contributed by atoms with E-state index >= 15 is 0 Å². The average molecular weight is 1030 g/mol. The van der Waals surface area contributed by atoms with E-state index in [0.29, 0.717) is 82.1 Å². The number of nitrogens with zero attached hydrogens (tertiary/aromatic N) is 2. The Hall–Kier alpha value is -5.81. The summed E-state index contributed by atoms with van der Waals surface area (Å²) in [5.41, 5.74) is 8.80. The maximum Gasteiger partial charge on any atom is 0.272 e. The third-order valence-corrected chi connectivity index (χ3v) is 19.7. The molecule has 4 atom stereocenters. The van der Waals surface area contributed by atoms with Gasteiger partial charge in [0, 0.05) is 52.3 Å². The van der Waals surface area contributed by atoms with Crippen LogP contribution in [0.1, 0.15) is 113 Å². The number of ether oxygens (including phenoxy) is 3. The number of amides is 3. The van der Waals surface area contributed by atoms with Gasteiger partial charge in [0.1, 0.15) is 30.0 Å². The van der Waals surface area contributed by atoms with E-state index in [1.165, 1.54) is 16.4 Å². The molecule has 0 radical (unpaired) electrons. The van der Waals surface area contributed by atoms with Crippen LogP contribution < -0.4 is 29.3 Å². The van der Waals surface area contributed by atoms with E-state index in [1.807, 2.05) is 99.3 Å². The Labute approximate surface area is 430 Å². The van der Waals surface area contributed by atoms with Crippen molar-refractivity contribution < 1.29 is 46.0 Å².